The van der Waals surface area contributed by atoms with Crippen molar-refractivity contribution in [3.05, 3.63) is 35.4 Å². The molecule has 0 unspecified atom stereocenters. The zero-order valence-electron chi connectivity index (χ0n) is 13.4. The van der Waals surface area contributed by atoms with E-state index in [1.165, 1.54) is 12.1 Å². The Kier molecular flexibility index (Phi) is 4.38. The molecule has 23 heavy (non-hydrogen) atoms. The van der Waals surface area contributed by atoms with Crippen molar-refractivity contribution in [3.63, 3.8) is 0 Å². The normalized spacial score (nSPS) is 30.6. The minimum atomic E-state index is -1.08. The lowest BCUT2D eigenvalue weighted by atomic mass is 9.77. The molecule has 1 aromatic carbocycles. The number of aliphatic hydroxyl groups excluding tert-OH is 1. The molecule has 1 N–H and O–H groups in total. The molecular weight excluding hydrogens is 302 g/mol. The summed E-state index contributed by atoms with van der Waals surface area (Å²) in [5, 5.41) is 10.3. The molecule has 1 heterocycles. The summed E-state index contributed by atoms with van der Waals surface area (Å²) >= 11 is 0. The summed E-state index contributed by atoms with van der Waals surface area (Å²) in [5.41, 5.74) is -0.214. The van der Waals surface area contributed by atoms with Gasteiger partial charge in [-0.1, -0.05) is 6.07 Å². The third-order valence-electron chi connectivity index (χ3n) is 5.24. The van der Waals surface area contributed by atoms with Gasteiger partial charge in [-0.2, -0.15) is 0 Å². The van der Waals surface area contributed by atoms with Crippen molar-refractivity contribution in [2.45, 2.75) is 25.0 Å². The van der Waals surface area contributed by atoms with Gasteiger partial charge in [0.2, 0.25) is 0 Å². The topological polar surface area (TPSA) is 43.8 Å². The summed E-state index contributed by atoms with van der Waals surface area (Å²) in [6.07, 6.45) is 1.05. The standard InChI is InChI=1S/C17H22F2N2O2/c1-20(2)14-6-10-8-21(9-11(10)7-15(14)22)17(23)12-4-3-5-13(18)16(12)19/h3-5,10-11,14-15,22H,6-9H2,1-2H3/t10-,11+,14-,15-/m1/s1. The second-order valence-corrected chi connectivity index (χ2v) is 6.90. The van der Waals surface area contributed by atoms with Crippen molar-refractivity contribution in [1.29, 1.82) is 0 Å². The quantitative estimate of drug-likeness (QED) is 0.901. The number of hydrogen-bond donors (Lipinski definition) is 1. The summed E-state index contributed by atoms with van der Waals surface area (Å²) in [4.78, 5) is 16.1. The molecule has 1 aromatic rings. The van der Waals surface area contributed by atoms with E-state index in [1.54, 1.807) is 4.90 Å². The second-order valence-electron chi connectivity index (χ2n) is 6.90. The molecule has 2 aliphatic rings. The van der Waals surface area contributed by atoms with Crippen LogP contribution < -0.4 is 0 Å². The van der Waals surface area contributed by atoms with E-state index in [0.717, 1.165) is 12.5 Å². The number of carbonyl (C=O) groups excluding carboxylic acids is 1. The SMILES string of the molecule is CN(C)[C@@H]1C[C@@H]2CN(C(=O)c3cccc(F)c3F)C[C@@H]2C[C@H]1O. The number of aliphatic hydroxyl groups is 1. The predicted octanol–water partition coefficient (Wildman–Crippen LogP) is 1.74. The lowest BCUT2D eigenvalue weighted by Crippen LogP contribution is -2.46. The number of benzene rings is 1. The van der Waals surface area contributed by atoms with E-state index in [-0.39, 0.29) is 17.5 Å². The highest BCUT2D eigenvalue weighted by atomic mass is 19.2. The molecule has 2 fully saturated rings. The average molecular weight is 324 g/mol. The van der Waals surface area contributed by atoms with Crippen LogP contribution in [0.25, 0.3) is 0 Å². The van der Waals surface area contributed by atoms with Gasteiger partial charge in [0.05, 0.1) is 11.7 Å². The van der Waals surface area contributed by atoms with Crippen molar-refractivity contribution in [1.82, 2.24) is 9.80 Å². The van der Waals surface area contributed by atoms with Gasteiger partial charge in [0.15, 0.2) is 11.6 Å². The molecule has 4 nitrogen and oxygen atoms in total. The molecule has 0 bridgehead atoms. The van der Waals surface area contributed by atoms with Crippen LogP contribution in [0.3, 0.4) is 0 Å². The van der Waals surface area contributed by atoms with Crippen molar-refractivity contribution < 1.29 is 18.7 Å². The Balaban J connectivity index is 1.75. The highest BCUT2D eigenvalue weighted by Gasteiger charge is 2.43. The number of rotatable bonds is 2. The maximum absolute atomic E-state index is 13.8. The minimum Gasteiger partial charge on any atom is -0.391 e. The Morgan fingerprint density at radius 2 is 1.87 bits per heavy atom. The number of carbonyl (C=O) groups is 1. The Morgan fingerprint density at radius 3 is 2.52 bits per heavy atom. The van der Waals surface area contributed by atoms with Crippen molar-refractivity contribution >= 4 is 5.91 Å². The van der Waals surface area contributed by atoms with Crippen LogP contribution in [0.5, 0.6) is 0 Å². The van der Waals surface area contributed by atoms with E-state index in [2.05, 4.69) is 0 Å². The molecule has 0 radical (unpaired) electrons. The fraction of sp³-hybridized carbons (Fsp3) is 0.588. The number of likely N-dealkylation sites (N-methyl/N-ethyl adjacent to an activating group) is 1. The Hall–Kier alpha value is -1.53. The van der Waals surface area contributed by atoms with Crippen LogP contribution in [0.4, 0.5) is 8.78 Å². The molecular formula is C17H22F2N2O2. The third-order valence-corrected chi connectivity index (χ3v) is 5.24. The van der Waals surface area contributed by atoms with E-state index >= 15 is 0 Å². The summed E-state index contributed by atoms with van der Waals surface area (Å²) in [6, 6.07) is 3.76. The van der Waals surface area contributed by atoms with E-state index in [9.17, 15) is 18.7 Å². The van der Waals surface area contributed by atoms with Gasteiger partial charge >= 0.3 is 0 Å². The lowest BCUT2D eigenvalue weighted by Gasteiger charge is -2.38. The van der Waals surface area contributed by atoms with Crippen LogP contribution in [-0.4, -0.2) is 60.1 Å². The molecule has 126 valence electrons. The van der Waals surface area contributed by atoms with E-state index in [4.69, 9.17) is 0 Å². The first-order valence-electron chi connectivity index (χ1n) is 7.96. The highest BCUT2D eigenvalue weighted by Crippen LogP contribution is 2.38. The maximum atomic E-state index is 13.8. The fourth-order valence-electron chi connectivity index (χ4n) is 3.97. The zero-order valence-corrected chi connectivity index (χ0v) is 13.4. The lowest BCUT2D eigenvalue weighted by molar-refractivity contribution is 0.00940. The first kappa shape index (κ1) is 16.3. The summed E-state index contributed by atoms with van der Waals surface area (Å²) in [5.74, 6) is -2.03. The number of nitrogens with zero attached hydrogens (tertiary/aromatic N) is 2. The number of hydrogen-bond acceptors (Lipinski definition) is 3. The second kappa shape index (κ2) is 6.17. The van der Waals surface area contributed by atoms with Gasteiger partial charge in [-0.3, -0.25) is 4.79 Å². The zero-order chi connectivity index (χ0) is 16.7. The Bertz CT molecular complexity index is 608. The van der Waals surface area contributed by atoms with Crippen LogP contribution in [0.1, 0.15) is 23.2 Å². The van der Waals surface area contributed by atoms with Crippen LogP contribution in [-0.2, 0) is 0 Å². The minimum absolute atomic E-state index is 0.0807. The molecule has 6 heteroatoms. The molecule has 1 saturated heterocycles. The summed E-state index contributed by atoms with van der Waals surface area (Å²) < 4.78 is 27.2. The maximum Gasteiger partial charge on any atom is 0.256 e. The van der Waals surface area contributed by atoms with Gasteiger partial charge < -0.3 is 14.9 Å². The van der Waals surface area contributed by atoms with E-state index < -0.39 is 23.6 Å². The van der Waals surface area contributed by atoms with Gasteiger partial charge in [-0.05, 0) is 50.9 Å². The van der Waals surface area contributed by atoms with Crippen LogP contribution >= 0.6 is 0 Å². The average Bonchev–Trinajstić information content (AvgIpc) is 2.91. The fourth-order valence-corrected chi connectivity index (χ4v) is 3.97. The molecule has 3 rings (SSSR count). The van der Waals surface area contributed by atoms with Crippen LogP contribution in [0, 0.1) is 23.5 Å². The number of amides is 1. The molecule has 1 saturated carbocycles. The van der Waals surface area contributed by atoms with Gasteiger partial charge in [-0.25, -0.2) is 8.78 Å². The number of likely N-dealkylation sites (tertiary alicyclic amines) is 1. The van der Waals surface area contributed by atoms with E-state index in [0.29, 0.717) is 25.4 Å². The Morgan fingerprint density at radius 1 is 1.22 bits per heavy atom. The van der Waals surface area contributed by atoms with Gasteiger partial charge in [-0.15, -0.1) is 0 Å². The Labute approximate surface area is 134 Å². The van der Waals surface area contributed by atoms with Crippen LogP contribution in [0.15, 0.2) is 18.2 Å². The number of fused-ring (bicyclic) bond motifs is 1. The molecule has 1 aliphatic carbocycles. The van der Waals surface area contributed by atoms with Crippen molar-refractivity contribution in [2.24, 2.45) is 11.8 Å². The van der Waals surface area contributed by atoms with Crippen LogP contribution in [0.2, 0.25) is 0 Å². The molecule has 0 spiro atoms. The largest absolute Gasteiger partial charge is 0.391 e. The highest BCUT2D eigenvalue weighted by molar-refractivity contribution is 5.94. The van der Waals surface area contributed by atoms with E-state index in [1.807, 2.05) is 19.0 Å². The summed E-state index contributed by atoms with van der Waals surface area (Å²) in [7, 11) is 3.88. The van der Waals surface area contributed by atoms with Crippen molar-refractivity contribution in [3.8, 4) is 0 Å². The molecule has 0 aromatic heterocycles. The first-order chi connectivity index (χ1) is 10.9. The monoisotopic (exact) mass is 324 g/mol. The summed E-state index contributed by atoms with van der Waals surface area (Å²) in [6.45, 7) is 1.03. The van der Waals surface area contributed by atoms with Gasteiger partial charge in [0.25, 0.3) is 5.91 Å². The van der Waals surface area contributed by atoms with Crippen molar-refractivity contribution in [2.75, 3.05) is 27.2 Å². The smallest absolute Gasteiger partial charge is 0.256 e. The van der Waals surface area contributed by atoms with Gasteiger partial charge in [0, 0.05) is 19.1 Å². The first-order valence-corrected chi connectivity index (χ1v) is 7.96. The van der Waals surface area contributed by atoms with Gasteiger partial charge in [0.1, 0.15) is 0 Å². The molecule has 4 atom stereocenters. The third kappa shape index (κ3) is 2.97. The predicted molar refractivity (Wildman–Crippen MR) is 82.0 cm³/mol. The number of halogens is 2. The molecule has 1 aliphatic heterocycles. The molecule has 1 amide bonds.